The van der Waals surface area contributed by atoms with Gasteiger partial charge in [0.05, 0.1) is 0 Å². The third-order valence-electron chi connectivity index (χ3n) is 3.24. The Morgan fingerprint density at radius 2 is 1.86 bits per heavy atom. The van der Waals surface area contributed by atoms with Crippen molar-refractivity contribution in [2.24, 2.45) is 0 Å². The topological polar surface area (TPSA) is 58.6 Å². The quantitative estimate of drug-likeness (QED) is 0.905. The van der Waals surface area contributed by atoms with Crippen molar-refractivity contribution in [1.82, 2.24) is 0 Å². The summed E-state index contributed by atoms with van der Waals surface area (Å²) in [5, 5.41) is 12.4. The lowest BCUT2D eigenvalue weighted by molar-refractivity contribution is -0.122. The highest BCUT2D eigenvalue weighted by Crippen LogP contribution is 2.22. The molecule has 0 aliphatic heterocycles. The van der Waals surface area contributed by atoms with Crippen LogP contribution in [0.2, 0.25) is 0 Å². The number of anilines is 1. The SMILES string of the molecule is Cc1ccc(NC(=O)[C@H](C)Oc2ccccc2C)cc1O. The standard InChI is InChI=1S/C17H19NO3/c1-11-8-9-14(10-15(11)19)18-17(20)13(3)21-16-7-5-4-6-12(16)2/h4-10,13,19H,1-3H3,(H,18,20)/t13-/m0/s1. The number of phenols is 1. The Kier molecular flexibility index (Phi) is 4.48. The van der Waals surface area contributed by atoms with E-state index in [4.69, 9.17) is 4.74 Å². The van der Waals surface area contributed by atoms with Crippen LogP contribution in [0.25, 0.3) is 0 Å². The van der Waals surface area contributed by atoms with Crippen LogP contribution in [0.4, 0.5) is 5.69 Å². The molecule has 4 heteroatoms. The Hall–Kier alpha value is -2.49. The Balaban J connectivity index is 2.02. The first-order chi connectivity index (χ1) is 9.97. The van der Waals surface area contributed by atoms with Crippen LogP contribution in [0.1, 0.15) is 18.1 Å². The summed E-state index contributed by atoms with van der Waals surface area (Å²) in [5.74, 6) is 0.577. The Morgan fingerprint density at radius 1 is 1.14 bits per heavy atom. The molecule has 4 nitrogen and oxygen atoms in total. The molecule has 0 spiro atoms. The zero-order chi connectivity index (χ0) is 15.4. The fraction of sp³-hybridized carbons (Fsp3) is 0.235. The van der Waals surface area contributed by atoms with Crippen LogP contribution >= 0.6 is 0 Å². The Bertz CT molecular complexity index is 652. The molecule has 1 atom stereocenters. The molecule has 0 saturated heterocycles. The third kappa shape index (κ3) is 3.75. The monoisotopic (exact) mass is 285 g/mol. The van der Waals surface area contributed by atoms with Crippen LogP contribution in [0, 0.1) is 13.8 Å². The molecule has 110 valence electrons. The minimum atomic E-state index is -0.630. The molecular formula is C17H19NO3. The molecule has 0 bridgehead atoms. The number of ether oxygens (including phenoxy) is 1. The molecule has 0 heterocycles. The summed E-state index contributed by atoms with van der Waals surface area (Å²) >= 11 is 0. The van der Waals surface area contributed by atoms with Gasteiger partial charge in [-0.25, -0.2) is 0 Å². The Morgan fingerprint density at radius 3 is 2.52 bits per heavy atom. The molecule has 0 fully saturated rings. The smallest absolute Gasteiger partial charge is 0.265 e. The maximum Gasteiger partial charge on any atom is 0.265 e. The molecular weight excluding hydrogens is 266 g/mol. The maximum atomic E-state index is 12.1. The van der Waals surface area contributed by atoms with Crippen molar-refractivity contribution in [2.75, 3.05) is 5.32 Å². The van der Waals surface area contributed by atoms with Crippen molar-refractivity contribution in [3.8, 4) is 11.5 Å². The molecule has 0 aliphatic rings. The number of carbonyl (C=O) groups is 1. The van der Waals surface area contributed by atoms with Crippen LogP contribution in [-0.4, -0.2) is 17.1 Å². The van der Waals surface area contributed by atoms with Gasteiger partial charge in [0, 0.05) is 11.8 Å². The summed E-state index contributed by atoms with van der Waals surface area (Å²) in [6.45, 7) is 5.42. The minimum absolute atomic E-state index is 0.153. The average molecular weight is 285 g/mol. The lowest BCUT2D eigenvalue weighted by Gasteiger charge is -2.16. The summed E-state index contributed by atoms with van der Waals surface area (Å²) in [5.41, 5.74) is 2.28. The molecule has 2 aromatic carbocycles. The minimum Gasteiger partial charge on any atom is -0.508 e. The van der Waals surface area contributed by atoms with Crippen molar-refractivity contribution in [1.29, 1.82) is 0 Å². The van der Waals surface area contributed by atoms with E-state index in [1.54, 1.807) is 26.0 Å². The number of para-hydroxylation sites is 1. The molecule has 0 aliphatic carbocycles. The summed E-state index contributed by atoms with van der Waals surface area (Å²) in [7, 11) is 0. The van der Waals surface area contributed by atoms with Crippen LogP contribution in [0.5, 0.6) is 11.5 Å². The van der Waals surface area contributed by atoms with Gasteiger partial charge in [0.2, 0.25) is 0 Å². The van der Waals surface area contributed by atoms with Gasteiger partial charge in [-0.05, 0) is 44.0 Å². The van der Waals surface area contributed by atoms with Gasteiger partial charge in [-0.2, -0.15) is 0 Å². The lowest BCUT2D eigenvalue weighted by atomic mass is 10.2. The molecule has 1 amide bonds. The predicted octanol–water partition coefficient (Wildman–Crippen LogP) is 3.42. The van der Waals surface area contributed by atoms with Crippen molar-refractivity contribution in [3.05, 3.63) is 53.6 Å². The van der Waals surface area contributed by atoms with Gasteiger partial charge in [-0.15, -0.1) is 0 Å². The van der Waals surface area contributed by atoms with Gasteiger partial charge in [0.15, 0.2) is 6.10 Å². The van der Waals surface area contributed by atoms with E-state index in [1.807, 2.05) is 31.2 Å². The summed E-state index contributed by atoms with van der Waals surface area (Å²) < 4.78 is 5.66. The van der Waals surface area contributed by atoms with Crippen LogP contribution in [0.3, 0.4) is 0 Å². The molecule has 0 saturated carbocycles. The summed E-state index contributed by atoms with van der Waals surface area (Å²) in [4.78, 5) is 12.1. The van der Waals surface area contributed by atoms with E-state index < -0.39 is 6.10 Å². The zero-order valence-electron chi connectivity index (χ0n) is 12.4. The summed E-state index contributed by atoms with van der Waals surface area (Å²) in [6.07, 6.45) is -0.630. The molecule has 2 rings (SSSR count). The van der Waals surface area contributed by atoms with Crippen LogP contribution in [-0.2, 0) is 4.79 Å². The predicted molar refractivity (Wildman–Crippen MR) is 82.7 cm³/mol. The van der Waals surface area contributed by atoms with E-state index in [1.165, 1.54) is 6.07 Å². The molecule has 21 heavy (non-hydrogen) atoms. The van der Waals surface area contributed by atoms with E-state index >= 15 is 0 Å². The number of rotatable bonds is 4. The zero-order valence-corrected chi connectivity index (χ0v) is 12.4. The highest BCUT2D eigenvalue weighted by molar-refractivity contribution is 5.94. The first-order valence-electron chi connectivity index (χ1n) is 6.80. The van der Waals surface area contributed by atoms with E-state index in [0.717, 1.165) is 11.1 Å². The van der Waals surface area contributed by atoms with Crippen LogP contribution in [0.15, 0.2) is 42.5 Å². The molecule has 0 aromatic heterocycles. The lowest BCUT2D eigenvalue weighted by Crippen LogP contribution is -2.30. The van der Waals surface area contributed by atoms with Crippen molar-refractivity contribution in [3.63, 3.8) is 0 Å². The van der Waals surface area contributed by atoms with E-state index in [0.29, 0.717) is 11.4 Å². The van der Waals surface area contributed by atoms with Crippen LogP contribution < -0.4 is 10.1 Å². The van der Waals surface area contributed by atoms with Crippen molar-refractivity contribution in [2.45, 2.75) is 26.9 Å². The third-order valence-corrected chi connectivity index (χ3v) is 3.24. The number of nitrogens with one attached hydrogen (secondary N) is 1. The second-order valence-corrected chi connectivity index (χ2v) is 5.02. The number of benzene rings is 2. The second kappa shape index (κ2) is 6.31. The first-order valence-corrected chi connectivity index (χ1v) is 6.80. The number of aromatic hydroxyl groups is 1. The highest BCUT2D eigenvalue weighted by Gasteiger charge is 2.16. The molecule has 2 N–H and O–H groups in total. The number of hydrogen-bond donors (Lipinski definition) is 2. The van der Waals surface area contributed by atoms with Crippen molar-refractivity contribution >= 4 is 11.6 Å². The van der Waals surface area contributed by atoms with E-state index in [2.05, 4.69) is 5.32 Å². The number of phenolic OH excluding ortho intramolecular Hbond substituents is 1. The number of amides is 1. The fourth-order valence-corrected chi connectivity index (χ4v) is 1.86. The van der Waals surface area contributed by atoms with Gasteiger partial charge >= 0.3 is 0 Å². The maximum absolute atomic E-state index is 12.1. The number of carbonyl (C=O) groups excluding carboxylic acids is 1. The largest absolute Gasteiger partial charge is 0.508 e. The normalized spacial score (nSPS) is 11.8. The van der Waals surface area contributed by atoms with Gasteiger partial charge in [-0.1, -0.05) is 24.3 Å². The highest BCUT2D eigenvalue weighted by atomic mass is 16.5. The first kappa shape index (κ1) is 14.9. The molecule has 2 aromatic rings. The van der Waals surface area contributed by atoms with Gasteiger partial charge in [-0.3, -0.25) is 4.79 Å². The average Bonchev–Trinajstić information content (AvgIpc) is 2.45. The number of aryl methyl sites for hydroxylation is 2. The van der Waals surface area contributed by atoms with Gasteiger partial charge in [0.1, 0.15) is 11.5 Å². The Labute approximate surface area is 124 Å². The van der Waals surface area contributed by atoms with Gasteiger partial charge in [0.25, 0.3) is 5.91 Å². The summed E-state index contributed by atoms with van der Waals surface area (Å²) in [6, 6.07) is 12.6. The van der Waals surface area contributed by atoms with Gasteiger partial charge < -0.3 is 15.2 Å². The van der Waals surface area contributed by atoms with E-state index in [9.17, 15) is 9.90 Å². The number of hydrogen-bond acceptors (Lipinski definition) is 3. The fourth-order valence-electron chi connectivity index (χ4n) is 1.86. The molecule has 0 unspecified atom stereocenters. The molecule has 0 radical (unpaired) electrons. The van der Waals surface area contributed by atoms with Crippen molar-refractivity contribution < 1.29 is 14.6 Å². The van der Waals surface area contributed by atoms with E-state index in [-0.39, 0.29) is 11.7 Å². The second-order valence-electron chi connectivity index (χ2n) is 5.02.